The molecular weight excluding hydrogens is 246 g/mol. The van der Waals surface area contributed by atoms with Crippen molar-refractivity contribution in [1.82, 2.24) is 4.37 Å². The molecule has 1 aromatic heterocycles. The predicted molar refractivity (Wildman–Crippen MR) is 67.8 cm³/mol. The van der Waals surface area contributed by atoms with Crippen LogP contribution in [0, 0.1) is 0 Å². The molecule has 0 saturated heterocycles. The summed E-state index contributed by atoms with van der Waals surface area (Å²) in [6.07, 6.45) is 2.08. The Balaban J connectivity index is 3.26. The maximum absolute atomic E-state index is 11.6. The minimum atomic E-state index is -3.33. The Kier molecular flexibility index (Phi) is 3.80. The van der Waals surface area contributed by atoms with Gasteiger partial charge in [0.05, 0.1) is 0 Å². The zero-order chi connectivity index (χ0) is 12.5. The van der Waals surface area contributed by atoms with E-state index in [2.05, 4.69) is 4.37 Å². The van der Waals surface area contributed by atoms with Crippen LogP contribution in [0.1, 0.15) is 20.3 Å². The monoisotopic (exact) mass is 263 g/mol. The third-order valence-corrected chi connectivity index (χ3v) is 4.83. The largest absolute Gasteiger partial charge is 0.382 e. The Hall–Kier alpha value is -0.820. The van der Waals surface area contributed by atoms with Gasteiger partial charge < -0.3 is 10.6 Å². The summed E-state index contributed by atoms with van der Waals surface area (Å²) < 4.78 is 27.1. The number of rotatable bonds is 4. The van der Waals surface area contributed by atoms with E-state index in [1.54, 1.807) is 0 Å². The highest BCUT2D eigenvalue weighted by Gasteiger charge is 2.25. The van der Waals surface area contributed by atoms with E-state index in [9.17, 15) is 8.42 Å². The first-order valence-electron chi connectivity index (χ1n) is 4.97. The average molecular weight is 263 g/mol. The van der Waals surface area contributed by atoms with Crippen LogP contribution in [0.3, 0.4) is 0 Å². The molecule has 0 saturated carbocycles. The summed E-state index contributed by atoms with van der Waals surface area (Å²) >= 11 is 1.13. The van der Waals surface area contributed by atoms with Gasteiger partial charge in [0, 0.05) is 19.3 Å². The Bertz CT molecular complexity index is 467. The lowest BCUT2D eigenvalue weighted by Gasteiger charge is -2.24. The van der Waals surface area contributed by atoms with Gasteiger partial charge in [-0.3, -0.25) is 0 Å². The van der Waals surface area contributed by atoms with Crippen LogP contribution in [0.4, 0.5) is 10.8 Å². The van der Waals surface area contributed by atoms with E-state index >= 15 is 0 Å². The second-order valence-electron chi connectivity index (χ2n) is 3.84. The summed E-state index contributed by atoms with van der Waals surface area (Å²) in [5.74, 6) is 0.0950. The minimum absolute atomic E-state index is 0.0950. The summed E-state index contributed by atoms with van der Waals surface area (Å²) in [6.45, 7) is 4.08. The number of nitrogen functional groups attached to an aromatic ring is 1. The van der Waals surface area contributed by atoms with Crippen LogP contribution in [0.25, 0.3) is 0 Å². The van der Waals surface area contributed by atoms with Gasteiger partial charge in [0.2, 0.25) is 0 Å². The molecule has 0 aliphatic carbocycles. The third kappa shape index (κ3) is 2.46. The van der Waals surface area contributed by atoms with E-state index in [1.807, 2.05) is 25.8 Å². The highest BCUT2D eigenvalue weighted by molar-refractivity contribution is 7.91. The van der Waals surface area contributed by atoms with Crippen LogP contribution >= 0.6 is 11.5 Å². The van der Waals surface area contributed by atoms with E-state index in [0.717, 1.165) is 24.2 Å². The second-order valence-corrected chi connectivity index (χ2v) is 6.55. The number of nitrogens with zero attached hydrogens (tertiary/aromatic N) is 2. The molecule has 2 N–H and O–H groups in total. The van der Waals surface area contributed by atoms with Gasteiger partial charge in [-0.05, 0) is 24.9 Å². The molecule has 5 nitrogen and oxygen atoms in total. The number of anilines is 2. The predicted octanol–water partition coefficient (Wildman–Crippen LogP) is 1.36. The zero-order valence-electron chi connectivity index (χ0n) is 9.89. The lowest BCUT2D eigenvalue weighted by molar-refractivity contribution is 0.601. The van der Waals surface area contributed by atoms with Crippen LogP contribution in [-0.2, 0) is 9.84 Å². The van der Waals surface area contributed by atoms with Crippen molar-refractivity contribution in [3.8, 4) is 0 Å². The molecule has 0 aromatic carbocycles. The highest BCUT2D eigenvalue weighted by Crippen LogP contribution is 2.35. The Morgan fingerprint density at radius 1 is 1.56 bits per heavy atom. The van der Waals surface area contributed by atoms with Gasteiger partial charge in [0.15, 0.2) is 15.7 Å². The molecule has 0 aliphatic rings. The van der Waals surface area contributed by atoms with Gasteiger partial charge in [-0.15, -0.1) is 0 Å². The van der Waals surface area contributed by atoms with Crippen LogP contribution in [0.5, 0.6) is 0 Å². The van der Waals surface area contributed by atoms with Crippen molar-refractivity contribution in [1.29, 1.82) is 0 Å². The summed E-state index contributed by atoms with van der Waals surface area (Å²) in [5.41, 5.74) is 5.60. The van der Waals surface area contributed by atoms with Gasteiger partial charge >= 0.3 is 0 Å². The van der Waals surface area contributed by atoms with E-state index < -0.39 is 9.84 Å². The summed E-state index contributed by atoms with van der Waals surface area (Å²) in [6, 6.07) is 0.250. The summed E-state index contributed by atoms with van der Waals surface area (Å²) in [7, 11) is -1.47. The zero-order valence-corrected chi connectivity index (χ0v) is 11.5. The lowest BCUT2D eigenvalue weighted by Crippen LogP contribution is -2.28. The summed E-state index contributed by atoms with van der Waals surface area (Å²) in [5, 5.41) is 0.620. The number of nitrogens with two attached hydrogens (primary N) is 1. The van der Waals surface area contributed by atoms with Gasteiger partial charge in [-0.25, -0.2) is 8.42 Å². The molecule has 92 valence electrons. The molecular formula is C9H17N3O2S2. The van der Waals surface area contributed by atoms with E-state index in [1.165, 1.54) is 0 Å². The van der Waals surface area contributed by atoms with E-state index in [0.29, 0.717) is 5.00 Å². The minimum Gasteiger partial charge on any atom is -0.382 e. The van der Waals surface area contributed by atoms with Gasteiger partial charge in [-0.1, -0.05) is 6.92 Å². The standard InChI is InChI=1S/C9H17N3O2S2/c1-5-6(2)12(3)9-7(16(4,13)14)8(10)11-15-9/h6H,5H2,1-4H3,(H2,10,11). The maximum atomic E-state index is 11.6. The first-order valence-corrected chi connectivity index (χ1v) is 7.63. The number of hydrogen-bond donors (Lipinski definition) is 1. The van der Waals surface area contributed by atoms with Crippen molar-refractivity contribution in [3.63, 3.8) is 0 Å². The number of hydrogen-bond acceptors (Lipinski definition) is 6. The SMILES string of the molecule is CCC(C)N(C)c1snc(N)c1S(C)(=O)=O. The second kappa shape index (κ2) is 4.58. The molecule has 7 heteroatoms. The molecule has 0 amide bonds. The third-order valence-electron chi connectivity index (χ3n) is 2.60. The van der Waals surface area contributed by atoms with Gasteiger partial charge in [0.1, 0.15) is 9.90 Å². The summed E-state index contributed by atoms with van der Waals surface area (Å²) in [4.78, 5) is 2.06. The molecule has 1 rings (SSSR count). The lowest BCUT2D eigenvalue weighted by atomic mass is 10.2. The number of sulfone groups is 1. The van der Waals surface area contributed by atoms with Crippen molar-refractivity contribution in [2.75, 3.05) is 23.9 Å². The van der Waals surface area contributed by atoms with Crippen molar-refractivity contribution in [2.24, 2.45) is 0 Å². The van der Waals surface area contributed by atoms with E-state index in [-0.39, 0.29) is 16.8 Å². The Labute approximate surface area is 100 Å². The first-order chi connectivity index (χ1) is 7.29. The van der Waals surface area contributed by atoms with Crippen molar-refractivity contribution >= 4 is 32.2 Å². The van der Waals surface area contributed by atoms with Crippen LogP contribution in [-0.4, -0.2) is 32.1 Å². The van der Waals surface area contributed by atoms with Crippen molar-refractivity contribution < 1.29 is 8.42 Å². The smallest absolute Gasteiger partial charge is 0.182 e. The molecule has 0 radical (unpaired) electrons. The molecule has 1 unspecified atom stereocenters. The quantitative estimate of drug-likeness (QED) is 0.887. The van der Waals surface area contributed by atoms with Crippen LogP contribution in [0.15, 0.2) is 4.90 Å². The van der Waals surface area contributed by atoms with Crippen molar-refractivity contribution in [3.05, 3.63) is 0 Å². The molecule has 1 heterocycles. The van der Waals surface area contributed by atoms with Crippen LogP contribution < -0.4 is 10.6 Å². The average Bonchev–Trinajstić information content (AvgIpc) is 2.57. The van der Waals surface area contributed by atoms with Crippen molar-refractivity contribution in [2.45, 2.75) is 31.2 Å². The molecule has 0 spiro atoms. The number of aromatic nitrogens is 1. The molecule has 0 bridgehead atoms. The van der Waals surface area contributed by atoms with Gasteiger partial charge in [-0.2, -0.15) is 4.37 Å². The Morgan fingerprint density at radius 3 is 2.56 bits per heavy atom. The molecule has 1 atom stereocenters. The highest BCUT2D eigenvalue weighted by atomic mass is 32.2. The molecule has 16 heavy (non-hydrogen) atoms. The fourth-order valence-corrected chi connectivity index (χ4v) is 3.61. The molecule has 0 fully saturated rings. The molecule has 0 aliphatic heterocycles. The maximum Gasteiger partial charge on any atom is 0.182 e. The fourth-order valence-electron chi connectivity index (χ4n) is 1.33. The normalized spacial score (nSPS) is 13.8. The molecule has 1 aromatic rings. The van der Waals surface area contributed by atoms with Crippen LogP contribution in [0.2, 0.25) is 0 Å². The van der Waals surface area contributed by atoms with Gasteiger partial charge in [0.25, 0.3) is 0 Å². The topological polar surface area (TPSA) is 76.3 Å². The Morgan fingerprint density at radius 2 is 2.12 bits per heavy atom. The fraction of sp³-hybridized carbons (Fsp3) is 0.667. The first kappa shape index (κ1) is 13.2. The van der Waals surface area contributed by atoms with E-state index in [4.69, 9.17) is 5.73 Å².